The summed E-state index contributed by atoms with van der Waals surface area (Å²) < 4.78 is 0. The van der Waals surface area contributed by atoms with E-state index in [2.05, 4.69) is 5.32 Å². The SMILES string of the molecule is CC[C@@H](C)C(NC(=O)[C@H](C)N)C(=O)N1CCCC1C(=O)O. The van der Waals surface area contributed by atoms with Gasteiger partial charge in [-0.2, -0.15) is 0 Å². The Kier molecular flexibility index (Phi) is 6.14. The quantitative estimate of drug-likeness (QED) is 0.636. The van der Waals surface area contributed by atoms with Gasteiger partial charge in [0.1, 0.15) is 12.1 Å². The van der Waals surface area contributed by atoms with Gasteiger partial charge < -0.3 is 21.1 Å². The van der Waals surface area contributed by atoms with Crippen LogP contribution in [0, 0.1) is 5.92 Å². The van der Waals surface area contributed by atoms with Gasteiger partial charge in [-0.25, -0.2) is 4.79 Å². The van der Waals surface area contributed by atoms with Crippen LogP contribution in [0.15, 0.2) is 0 Å². The van der Waals surface area contributed by atoms with Gasteiger partial charge in [0.25, 0.3) is 0 Å². The van der Waals surface area contributed by atoms with E-state index in [0.29, 0.717) is 25.8 Å². The van der Waals surface area contributed by atoms with Gasteiger partial charge in [0.05, 0.1) is 6.04 Å². The molecule has 1 rings (SSSR count). The third-order valence-corrected chi connectivity index (χ3v) is 4.01. The number of carbonyl (C=O) groups is 3. The lowest BCUT2D eigenvalue weighted by atomic mass is 9.97. The van der Waals surface area contributed by atoms with Gasteiger partial charge in [-0.15, -0.1) is 0 Å². The number of hydrogen-bond donors (Lipinski definition) is 3. The van der Waals surface area contributed by atoms with Gasteiger partial charge in [-0.1, -0.05) is 20.3 Å². The van der Waals surface area contributed by atoms with Crippen molar-refractivity contribution in [2.24, 2.45) is 11.7 Å². The Bertz CT molecular complexity index is 411. The molecule has 1 aliphatic rings. The van der Waals surface area contributed by atoms with E-state index in [1.54, 1.807) is 6.92 Å². The van der Waals surface area contributed by atoms with Crippen molar-refractivity contribution in [3.63, 3.8) is 0 Å². The number of nitrogens with two attached hydrogens (primary N) is 1. The highest BCUT2D eigenvalue weighted by Crippen LogP contribution is 2.21. The Morgan fingerprint density at radius 3 is 2.48 bits per heavy atom. The van der Waals surface area contributed by atoms with Gasteiger partial charge >= 0.3 is 5.97 Å². The zero-order valence-electron chi connectivity index (χ0n) is 12.8. The lowest BCUT2D eigenvalue weighted by Crippen LogP contribution is -2.56. The second-order valence-electron chi connectivity index (χ2n) is 5.69. The Balaban J connectivity index is 2.89. The van der Waals surface area contributed by atoms with Crippen molar-refractivity contribution >= 4 is 17.8 Å². The molecule has 2 unspecified atom stereocenters. The standard InChI is InChI=1S/C14H25N3O4/c1-4-8(2)11(16-12(18)9(3)15)13(19)17-7-5-6-10(17)14(20)21/h8-11H,4-7,15H2,1-3H3,(H,16,18)(H,20,21)/t8-,9+,10?,11?/m1/s1. The van der Waals surface area contributed by atoms with Crippen LogP contribution in [0.1, 0.15) is 40.0 Å². The maximum atomic E-state index is 12.6. The molecule has 0 spiro atoms. The summed E-state index contributed by atoms with van der Waals surface area (Å²) in [6, 6.07) is -2.23. The molecule has 0 aromatic heterocycles. The first-order valence-corrected chi connectivity index (χ1v) is 7.38. The first-order chi connectivity index (χ1) is 9.79. The van der Waals surface area contributed by atoms with E-state index in [0.717, 1.165) is 0 Å². The Morgan fingerprint density at radius 2 is 2.00 bits per heavy atom. The van der Waals surface area contributed by atoms with Gasteiger partial charge in [-0.05, 0) is 25.7 Å². The number of carboxylic acids is 1. The van der Waals surface area contributed by atoms with Crippen molar-refractivity contribution in [3.8, 4) is 0 Å². The number of nitrogens with one attached hydrogen (secondary N) is 1. The second kappa shape index (κ2) is 7.40. The molecule has 4 N–H and O–H groups in total. The van der Waals surface area contributed by atoms with Crippen LogP contribution in [0.4, 0.5) is 0 Å². The summed E-state index contributed by atoms with van der Waals surface area (Å²) in [4.78, 5) is 37.0. The van der Waals surface area contributed by atoms with Crippen molar-refractivity contribution in [3.05, 3.63) is 0 Å². The number of carbonyl (C=O) groups excluding carboxylic acids is 2. The minimum atomic E-state index is -0.998. The van der Waals surface area contributed by atoms with Crippen LogP contribution in [-0.4, -0.2) is 52.5 Å². The largest absolute Gasteiger partial charge is 0.480 e. The van der Waals surface area contributed by atoms with Crippen molar-refractivity contribution in [2.45, 2.75) is 58.2 Å². The molecule has 2 amide bonds. The van der Waals surface area contributed by atoms with Crippen LogP contribution >= 0.6 is 0 Å². The van der Waals surface area contributed by atoms with E-state index in [1.807, 2.05) is 13.8 Å². The molecule has 0 aromatic rings. The van der Waals surface area contributed by atoms with Gasteiger partial charge in [0.15, 0.2) is 0 Å². The number of rotatable bonds is 6. The second-order valence-corrected chi connectivity index (χ2v) is 5.69. The van der Waals surface area contributed by atoms with E-state index < -0.39 is 30.0 Å². The molecular weight excluding hydrogens is 274 g/mol. The maximum Gasteiger partial charge on any atom is 0.326 e. The van der Waals surface area contributed by atoms with E-state index in [-0.39, 0.29) is 11.8 Å². The molecule has 7 heteroatoms. The number of amides is 2. The molecule has 120 valence electrons. The van der Waals surface area contributed by atoms with Gasteiger partial charge in [0.2, 0.25) is 11.8 Å². The molecular formula is C14H25N3O4. The maximum absolute atomic E-state index is 12.6. The third-order valence-electron chi connectivity index (χ3n) is 4.01. The summed E-state index contributed by atoms with van der Waals surface area (Å²) in [6.07, 6.45) is 1.81. The molecule has 1 saturated heterocycles. The van der Waals surface area contributed by atoms with Crippen LogP contribution in [0.2, 0.25) is 0 Å². The van der Waals surface area contributed by atoms with Crippen molar-refractivity contribution < 1.29 is 19.5 Å². The molecule has 0 aliphatic carbocycles. The van der Waals surface area contributed by atoms with Crippen molar-refractivity contribution in [1.82, 2.24) is 10.2 Å². The average Bonchev–Trinajstić information content (AvgIpc) is 2.92. The lowest BCUT2D eigenvalue weighted by Gasteiger charge is -2.30. The molecule has 1 heterocycles. The fraction of sp³-hybridized carbons (Fsp3) is 0.786. The fourth-order valence-electron chi connectivity index (χ4n) is 2.43. The van der Waals surface area contributed by atoms with E-state index >= 15 is 0 Å². The summed E-state index contributed by atoms with van der Waals surface area (Å²) in [5, 5.41) is 11.8. The van der Waals surface area contributed by atoms with E-state index in [4.69, 9.17) is 5.73 Å². The van der Waals surface area contributed by atoms with Crippen LogP contribution < -0.4 is 11.1 Å². The molecule has 1 fully saturated rings. The predicted molar refractivity (Wildman–Crippen MR) is 77.4 cm³/mol. The highest BCUT2D eigenvalue weighted by Gasteiger charge is 2.39. The predicted octanol–water partition coefficient (Wildman–Crippen LogP) is -0.0599. The lowest BCUT2D eigenvalue weighted by molar-refractivity contribution is -0.150. The summed E-state index contributed by atoms with van der Waals surface area (Å²) in [5.41, 5.74) is 5.52. The zero-order valence-corrected chi connectivity index (χ0v) is 12.8. The molecule has 1 aliphatic heterocycles. The highest BCUT2D eigenvalue weighted by atomic mass is 16.4. The zero-order chi connectivity index (χ0) is 16.2. The first kappa shape index (κ1) is 17.4. The van der Waals surface area contributed by atoms with Crippen LogP contribution in [0.3, 0.4) is 0 Å². The number of likely N-dealkylation sites (tertiary alicyclic amines) is 1. The third kappa shape index (κ3) is 4.17. The fourth-order valence-corrected chi connectivity index (χ4v) is 2.43. The Hall–Kier alpha value is -1.63. The van der Waals surface area contributed by atoms with Crippen molar-refractivity contribution in [1.29, 1.82) is 0 Å². The normalized spacial score (nSPS) is 22.5. The number of hydrogen-bond acceptors (Lipinski definition) is 4. The minimum absolute atomic E-state index is 0.0877. The Morgan fingerprint density at radius 1 is 1.38 bits per heavy atom. The summed E-state index contributed by atoms with van der Waals surface area (Å²) in [6.45, 7) is 5.73. The number of carboxylic acid groups (broad SMARTS) is 1. The highest BCUT2D eigenvalue weighted by molar-refractivity contribution is 5.92. The van der Waals surface area contributed by atoms with Gasteiger partial charge in [0, 0.05) is 6.54 Å². The van der Waals surface area contributed by atoms with Crippen LogP contribution in [0.25, 0.3) is 0 Å². The number of nitrogens with zero attached hydrogens (tertiary/aromatic N) is 1. The topological polar surface area (TPSA) is 113 Å². The molecule has 7 nitrogen and oxygen atoms in total. The molecule has 0 radical (unpaired) electrons. The van der Waals surface area contributed by atoms with Crippen LogP contribution in [0.5, 0.6) is 0 Å². The minimum Gasteiger partial charge on any atom is -0.480 e. The molecule has 0 bridgehead atoms. The molecule has 0 aromatic carbocycles. The van der Waals surface area contributed by atoms with E-state index in [1.165, 1.54) is 4.90 Å². The summed E-state index contributed by atoms with van der Waals surface area (Å²) >= 11 is 0. The summed E-state index contributed by atoms with van der Waals surface area (Å²) in [5.74, 6) is -1.82. The smallest absolute Gasteiger partial charge is 0.326 e. The van der Waals surface area contributed by atoms with Crippen molar-refractivity contribution in [2.75, 3.05) is 6.54 Å². The number of aliphatic carboxylic acids is 1. The molecule has 4 atom stereocenters. The monoisotopic (exact) mass is 299 g/mol. The Labute approximate surface area is 124 Å². The average molecular weight is 299 g/mol. The van der Waals surface area contributed by atoms with E-state index in [9.17, 15) is 19.5 Å². The molecule has 21 heavy (non-hydrogen) atoms. The first-order valence-electron chi connectivity index (χ1n) is 7.38. The van der Waals surface area contributed by atoms with Gasteiger partial charge in [-0.3, -0.25) is 9.59 Å². The van der Waals surface area contributed by atoms with Crippen LogP contribution in [-0.2, 0) is 14.4 Å². The summed E-state index contributed by atoms with van der Waals surface area (Å²) in [7, 11) is 0. The molecule has 0 saturated carbocycles.